The summed E-state index contributed by atoms with van der Waals surface area (Å²) in [5.41, 5.74) is 0. The molecule has 2 rings (SSSR count). The van der Waals surface area contributed by atoms with Crippen LogP contribution in [0.1, 0.15) is 12.7 Å². The number of thiophene rings is 1. The Morgan fingerprint density at radius 1 is 1.47 bits per heavy atom. The highest BCUT2D eigenvalue weighted by molar-refractivity contribution is 7.99. The smallest absolute Gasteiger partial charge is 0.131 e. The van der Waals surface area contributed by atoms with E-state index in [-0.39, 0.29) is 6.61 Å². The van der Waals surface area contributed by atoms with Crippen molar-refractivity contribution in [3.8, 4) is 0 Å². The molecule has 0 fully saturated rings. The molecule has 1 atom stereocenters. The van der Waals surface area contributed by atoms with Crippen molar-refractivity contribution in [1.82, 2.24) is 9.97 Å². The number of aliphatic hydroxyl groups excluding tert-OH is 2. The zero-order valence-electron chi connectivity index (χ0n) is 9.46. The quantitative estimate of drug-likeness (QED) is 0.639. The predicted octanol–water partition coefficient (Wildman–Crippen LogP) is 1.70. The lowest BCUT2D eigenvalue weighted by Crippen LogP contribution is -2.14. The first-order valence-corrected chi connectivity index (χ1v) is 7.27. The van der Waals surface area contributed by atoms with Crippen LogP contribution in [0.2, 0.25) is 0 Å². The number of hydrogen-bond acceptors (Lipinski definition) is 6. The summed E-state index contributed by atoms with van der Waals surface area (Å²) in [6.45, 7) is 1.80. The van der Waals surface area contributed by atoms with Crippen molar-refractivity contribution in [2.45, 2.75) is 24.5 Å². The van der Waals surface area contributed by atoms with Crippen LogP contribution in [0, 0.1) is 0 Å². The van der Waals surface area contributed by atoms with Gasteiger partial charge in [0.15, 0.2) is 0 Å². The Hall–Kier alpha value is -0.690. The van der Waals surface area contributed by atoms with E-state index >= 15 is 0 Å². The minimum Gasteiger partial charge on any atom is -0.394 e. The van der Waals surface area contributed by atoms with E-state index in [1.54, 1.807) is 11.3 Å². The lowest BCUT2D eigenvalue weighted by atomic mass is 10.4. The zero-order chi connectivity index (χ0) is 12.3. The van der Waals surface area contributed by atoms with Gasteiger partial charge in [0.1, 0.15) is 15.7 Å². The fourth-order valence-corrected chi connectivity index (χ4v) is 3.16. The second kappa shape index (κ2) is 5.77. The van der Waals surface area contributed by atoms with Gasteiger partial charge in [0.25, 0.3) is 0 Å². The maximum atomic E-state index is 9.36. The average Bonchev–Trinajstić information content (AvgIpc) is 2.83. The van der Waals surface area contributed by atoms with Crippen LogP contribution in [0.4, 0.5) is 0 Å². The Kier molecular flexibility index (Phi) is 4.33. The standard InChI is InChI=1S/C11H14N2O2S2/c1-2-9-12-10-8(3-4-16-10)11(13-9)17-6-7(15)5-14/h3-4,7,14-15H,2,5-6H2,1H3/t7-/m1/s1. The minimum absolute atomic E-state index is 0.217. The van der Waals surface area contributed by atoms with Crippen LogP contribution in [-0.4, -0.2) is 38.6 Å². The molecule has 2 aromatic heterocycles. The average molecular weight is 270 g/mol. The molecule has 2 N–H and O–H groups in total. The monoisotopic (exact) mass is 270 g/mol. The Morgan fingerprint density at radius 2 is 2.29 bits per heavy atom. The van der Waals surface area contributed by atoms with Gasteiger partial charge in [0, 0.05) is 17.6 Å². The molecule has 0 saturated heterocycles. The summed E-state index contributed by atoms with van der Waals surface area (Å²) in [6.07, 6.45) is 0.0953. The van der Waals surface area contributed by atoms with Crippen molar-refractivity contribution >= 4 is 33.3 Å². The van der Waals surface area contributed by atoms with Crippen LogP contribution >= 0.6 is 23.1 Å². The fraction of sp³-hybridized carbons (Fsp3) is 0.455. The minimum atomic E-state index is -0.700. The number of hydrogen-bond donors (Lipinski definition) is 2. The van der Waals surface area contributed by atoms with Gasteiger partial charge in [-0.25, -0.2) is 9.97 Å². The number of aliphatic hydroxyl groups is 2. The molecular weight excluding hydrogens is 256 g/mol. The van der Waals surface area contributed by atoms with Crippen LogP contribution in [0.3, 0.4) is 0 Å². The predicted molar refractivity (Wildman–Crippen MR) is 70.6 cm³/mol. The van der Waals surface area contributed by atoms with Gasteiger partial charge in [-0.05, 0) is 11.4 Å². The summed E-state index contributed by atoms with van der Waals surface area (Å²) in [5, 5.41) is 22.1. The molecule has 17 heavy (non-hydrogen) atoms. The number of fused-ring (bicyclic) bond motifs is 1. The maximum absolute atomic E-state index is 9.36. The summed E-state index contributed by atoms with van der Waals surface area (Å²) in [7, 11) is 0. The van der Waals surface area contributed by atoms with E-state index in [4.69, 9.17) is 5.11 Å². The van der Waals surface area contributed by atoms with Crippen molar-refractivity contribution in [3.05, 3.63) is 17.3 Å². The van der Waals surface area contributed by atoms with Gasteiger partial charge in [-0.15, -0.1) is 23.1 Å². The summed E-state index contributed by atoms with van der Waals surface area (Å²) >= 11 is 3.06. The van der Waals surface area contributed by atoms with Crippen molar-refractivity contribution in [1.29, 1.82) is 0 Å². The Morgan fingerprint density at radius 3 is 3.00 bits per heavy atom. The van der Waals surface area contributed by atoms with Crippen LogP contribution in [0.5, 0.6) is 0 Å². The summed E-state index contributed by atoms with van der Waals surface area (Å²) < 4.78 is 0. The van der Waals surface area contributed by atoms with Gasteiger partial charge in [-0.3, -0.25) is 0 Å². The number of thioether (sulfide) groups is 1. The summed E-state index contributed by atoms with van der Waals surface area (Å²) in [4.78, 5) is 9.89. The molecule has 0 aliphatic heterocycles. The van der Waals surface area contributed by atoms with Crippen LogP contribution in [0.15, 0.2) is 16.5 Å². The molecular formula is C11H14N2O2S2. The van der Waals surface area contributed by atoms with E-state index in [0.717, 1.165) is 27.5 Å². The Balaban J connectivity index is 2.27. The second-order valence-corrected chi connectivity index (χ2v) is 5.49. The van der Waals surface area contributed by atoms with Crippen molar-refractivity contribution in [2.75, 3.05) is 12.4 Å². The zero-order valence-corrected chi connectivity index (χ0v) is 11.1. The number of rotatable bonds is 5. The molecule has 0 bridgehead atoms. The normalized spacial score (nSPS) is 13.1. The van der Waals surface area contributed by atoms with Crippen LogP contribution < -0.4 is 0 Å². The molecule has 0 aliphatic carbocycles. The molecule has 4 nitrogen and oxygen atoms in total. The van der Waals surface area contributed by atoms with Crippen molar-refractivity contribution in [3.63, 3.8) is 0 Å². The van der Waals surface area contributed by atoms with Gasteiger partial charge in [-0.2, -0.15) is 0 Å². The molecule has 0 amide bonds. The Labute approximate surface area is 108 Å². The Bertz CT molecular complexity index is 501. The maximum Gasteiger partial charge on any atom is 0.131 e. The molecule has 0 saturated carbocycles. The lowest BCUT2D eigenvalue weighted by Gasteiger charge is -2.07. The molecule has 2 heterocycles. The second-order valence-electron chi connectivity index (χ2n) is 3.59. The molecule has 0 aliphatic rings. The van der Waals surface area contributed by atoms with Gasteiger partial charge in [0.05, 0.1) is 12.7 Å². The molecule has 92 valence electrons. The van der Waals surface area contributed by atoms with Crippen molar-refractivity contribution in [2.24, 2.45) is 0 Å². The van der Waals surface area contributed by atoms with Gasteiger partial charge in [0.2, 0.25) is 0 Å². The number of aromatic nitrogens is 2. The molecule has 0 spiro atoms. The number of aryl methyl sites for hydroxylation is 1. The van der Waals surface area contributed by atoms with Crippen LogP contribution in [0.25, 0.3) is 10.2 Å². The summed E-state index contributed by atoms with van der Waals surface area (Å²) in [5.74, 6) is 1.27. The van der Waals surface area contributed by atoms with E-state index in [1.165, 1.54) is 11.8 Å². The first kappa shape index (κ1) is 12.8. The third-order valence-electron chi connectivity index (χ3n) is 2.28. The highest BCUT2D eigenvalue weighted by Gasteiger charge is 2.10. The largest absolute Gasteiger partial charge is 0.394 e. The van der Waals surface area contributed by atoms with E-state index in [9.17, 15) is 5.11 Å². The van der Waals surface area contributed by atoms with E-state index < -0.39 is 6.10 Å². The third kappa shape index (κ3) is 2.95. The third-order valence-corrected chi connectivity index (χ3v) is 4.22. The molecule has 0 unspecified atom stereocenters. The first-order chi connectivity index (χ1) is 8.24. The van der Waals surface area contributed by atoms with Gasteiger partial charge < -0.3 is 10.2 Å². The highest BCUT2D eigenvalue weighted by Crippen LogP contribution is 2.29. The molecule has 2 aromatic rings. The fourth-order valence-electron chi connectivity index (χ4n) is 1.37. The topological polar surface area (TPSA) is 66.2 Å². The van der Waals surface area contributed by atoms with Crippen molar-refractivity contribution < 1.29 is 10.2 Å². The number of nitrogens with zero attached hydrogens (tertiary/aromatic N) is 2. The van der Waals surface area contributed by atoms with Gasteiger partial charge >= 0.3 is 0 Å². The van der Waals surface area contributed by atoms with E-state index in [2.05, 4.69) is 9.97 Å². The molecule has 0 radical (unpaired) electrons. The summed E-state index contributed by atoms with van der Waals surface area (Å²) in [6, 6.07) is 1.99. The molecule has 0 aromatic carbocycles. The highest BCUT2D eigenvalue weighted by atomic mass is 32.2. The van der Waals surface area contributed by atoms with E-state index in [1.807, 2.05) is 18.4 Å². The van der Waals surface area contributed by atoms with E-state index in [0.29, 0.717) is 5.75 Å². The van der Waals surface area contributed by atoms with Crippen LogP contribution in [-0.2, 0) is 6.42 Å². The lowest BCUT2D eigenvalue weighted by molar-refractivity contribution is 0.113. The molecule has 6 heteroatoms. The van der Waals surface area contributed by atoms with Gasteiger partial charge in [-0.1, -0.05) is 6.92 Å². The SMILES string of the molecule is CCc1nc(SC[C@H](O)CO)c2ccsc2n1. The first-order valence-electron chi connectivity index (χ1n) is 5.40.